The molecule has 1 aromatic heterocycles. The van der Waals surface area contributed by atoms with Gasteiger partial charge in [0.05, 0.1) is 11.6 Å². The molecule has 1 aliphatic rings. The average molecular weight is 433 g/mol. The summed E-state index contributed by atoms with van der Waals surface area (Å²) in [5.41, 5.74) is -6.68. The van der Waals surface area contributed by atoms with Gasteiger partial charge in [-0.15, -0.1) is 0 Å². The van der Waals surface area contributed by atoms with Gasteiger partial charge in [-0.1, -0.05) is 18.2 Å². The quantitative estimate of drug-likeness (QED) is 0.512. The monoisotopic (exact) mass is 433 g/mol. The predicted octanol–water partition coefficient (Wildman–Crippen LogP) is 3.20. The summed E-state index contributed by atoms with van der Waals surface area (Å²) in [6, 6.07) is 2.13. The molecule has 1 aliphatic heterocycles. The van der Waals surface area contributed by atoms with Gasteiger partial charge in [0.15, 0.2) is 5.78 Å². The smallest absolute Gasteiger partial charge is 0.363 e. The fourth-order valence-electron chi connectivity index (χ4n) is 3.31. The molecule has 1 fully saturated rings. The largest absolute Gasteiger partial charge is 0.437 e. The summed E-state index contributed by atoms with van der Waals surface area (Å²) in [6.07, 6.45) is -8.45. The van der Waals surface area contributed by atoms with Crippen LogP contribution in [0.25, 0.3) is 0 Å². The lowest BCUT2D eigenvalue weighted by Crippen LogP contribution is -2.73. The highest BCUT2D eigenvalue weighted by Crippen LogP contribution is 2.46. The van der Waals surface area contributed by atoms with E-state index in [-0.39, 0.29) is 0 Å². The van der Waals surface area contributed by atoms with Crippen molar-refractivity contribution in [3.05, 3.63) is 65.5 Å². The SMILES string of the molecule is O=C1N[C@H](c2ccccc2C(F)(F)F)[C@H](C(=O)c2cccnc2)[C@@](O)(C(F)(F)F)N1. The zero-order valence-corrected chi connectivity index (χ0v) is 14.8. The Hall–Kier alpha value is -3.15. The first-order valence-electron chi connectivity index (χ1n) is 8.34. The van der Waals surface area contributed by atoms with Gasteiger partial charge in [0.1, 0.15) is 5.92 Å². The number of carbonyl (C=O) groups is 2. The van der Waals surface area contributed by atoms with E-state index in [4.69, 9.17) is 0 Å². The molecule has 6 nitrogen and oxygen atoms in total. The summed E-state index contributed by atoms with van der Waals surface area (Å²) >= 11 is 0. The van der Waals surface area contributed by atoms with E-state index in [2.05, 4.69) is 4.98 Å². The number of halogens is 6. The van der Waals surface area contributed by atoms with Gasteiger partial charge in [0, 0.05) is 18.0 Å². The summed E-state index contributed by atoms with van der Waals surface area (Å²) < 4.78 is 81.7. The number of hydrogen-bond acceptors (Lipinski definition) is 4. The van der Waals surface area contributed by atoms with E-state index < -0.39 is 58.5 Å². The third kappa shape index (κ3) is 3.70. The summed E-state index contributed by atoms with van der Waals surface area (Å²) in [6.45, 7) is 0. The zero-order chi connectivity index (χ0) is 22.3. The number of ketones is 1. The first kappa shape index (κ1) is 21.6. The highest BCUT2D eigenvalue weighted by molar-refractivity contribution is 6.00. The van der Waals surface area contributed by atoms with Crippen molar-refractivity contribution in [2.75, 3.05) is 0 Å². The molecule has 0 spiro atoms. The molecule has 1 saturated heterocycles. The number of Topliss-reactive ketones (excluding diaryl/α,β-unsaturated/α-hetero) is 1. The second-order valence-corrected chi connectivity index (χ2v) is 6.51. The molecular formula is C18H13F6N3O3. The lowest BCUT2D eigenvalue weighted by molar-refractivity contribution is -0.287. The van der Waals surface area contributed by atoms with Gasteiger partial charge in [0.2, 0.25) is 5.72 Å². The number of nitrogens with zero attached hydrogens (tertiary/aromatic N) is 1. The van der Waals surface area contributed by atoms with E-state index in [1.54, 1.807) is 0 Å². The lowest BCUT2D eigenvalue weighted by Gasteiger charge is -2.45. The topological polar surface area (TPSA) is 91.3 Å². The minimum Gasteiger partial charge on any atom is -0.363 e. The minimum atomic E-state index is -5.58. The van der Waals surface area contributed by atoms with Gasteiger partial charge in [-0.2, -0.15) is 26.3 Å². The minimum absolute atomic E-state index is 0.391. The number of aliphatic hydroxyl groups is 1. The Morgan fingerprint density at radius 2 is 1.73 bits per heavy atom. The molecule has 30 heavy (non-hydrogen) atoms. The molecule has 0 aliphatic carbocycles. The number of urea groups is 1. The summed E-state index contributed by atoms with van der Waals surface area (Å²) in [5, 5.41) is 13.5. The molecule has 2 heterocycles. The Bertz CT molecular complexity index is 964. The fraction of sp³-hybridized carbons (Fsp3) is 0.278. The molecule has 3 N–H and O–H groups in total. The molecule has 160 valence electrons. The number of hydrogen-bond donors (Lipinski definition) is 3. The maximum atomic E-state index is 13.8. The summed E-state index contributed by atoms with van der Waals surface area (Å²) in [5.74, 6) is -3.94. The van der Waals surface area contributed by atoms with E-state index >= 15 is 0 Å². The van der Waals surface area contributed by atoms with Crippen molar-refractivity contribution in [2.24, 2.45) is 5.92 Å². The molecule has 12 heteroatoms. The van der Waals surface area contributed by atoms with Crippen LogP contribution in [0.4, 0.5) is 31.1 Å². The zero-order valence-electron chi connectivity index (χ0n) is 14.8. The van der Waals surface area contributed by atoms with E-state index in [1.807, 2.05) is 5.32 Å². The third-order valence-corrected chi connectivity index (χ3v) is 4.64. The van der Waals surface area contributed by atoms with Crippen molar-refractivity contribution in [3.8, 4) is 0 Å². The van der Waals surface area contributed by atoms with Crippen molar-refractivity contribution in [3.63, 3.8) is 0 Å². The highest BCUT2D eigenvalue weighted by Gasteiger charge is 2.66. The van der Waals surface area contributed by atoms with E-state index in [1.165, 1.54) is 17.6 Å². The molecule has 2 aromatic rings. The van der Waals surface area contributed by atoms with Crippen molar-refractivity contribution < 1.29 is 41.0 Å². The number of pyridine rings is 1. The first-order chi connectivity index (χ1) is 13.9. The Morgan fingerprint density at radius 1 is 1.07 bits per heavy atom. The summed E-state index contributed by atoms with van der Waals surface area (Å²) in [4.78, 5) is 28.4. The molecule has 0 saturated carbocycles. The fourth-order valence-corrected chi connectivity index (χ4v) is 3.31. The maximum absolute atomic E-state index is 13.8. The normalized spacial score (nSPS) is 24.7. The van der Waals surface area contributed by atoms with Gasteiger partial charge in [-0.3, -0.25) is 9.78 Å². The summed E-state index contributed by atoms with van der Waals surface area (Å²) in [7, 11) is 0. The second-order valence-electron chi connectivity index (χ2n) is 6.51. The number of rotatable bonds is 3. The lowest BCUT2D eigenvalue weighted by atomic mass is 9.76. The molecule has 3 rings (SSSR count). The van der Waals surface area contributed by atoms with Crippen LogP contribution in [0.1, 0.15) is 27.5 Å². The van der Waals surface area contributed by atoms with Gasteiger partial charge in [-0.05, 0) is 23.8 Å². The van der Waals surface area contributed by atoms with Crippen LogP contribution in [-0.4, -0.2) is 33.8 Å². The van der Waals surface area contributed by atoms with Gasteiger partial charge in [0.25, 0.3) is 0 Å². The van der Waals surface area contributed by atoms with Crippen LogP contribution in [0.15, 0.2) is 48.8 Å². The van der Waals surface area contributed by atoms with E-state index in [9.17, 15) is 41.0 Å². The van der Waals surface area contributed by atoms with Crippen LogP contribution in [-0.2, 0) is 6.18 Å². The van der Waals surface area contributed by atoms with Gasteiger partial charge >= 0.3 is 18.4 Å². The van der Waals surface area contributed by atoms with Crippen LogP contribution in [0.2, 0.25) is 0 Å². The number of carbonyl (C=O) groups excluding carboxylic acids is 2. The molecular weight excluding hydrogens is 420 g/mol. The van der Waals surface area contributed by atoms with E-state index in [0.717, 1.165) is 30.5 Å². The standard InChI is InChI=1S/C18H13F6N3O3/c19-17(20,21)11-6-2-1-5-10(11)13-12(14(28)9-4-3-7-25-8-9)16(30,18(22,23)24)27-15(29)26-13/h1-8,12-13,30H,(H2,26,27,29)/t12-,13-,16-/m1/s1. The van der Waals surface area contributed by atoms with Gasteiger partial charge < -0.3 is 15.7 Å². The Balaban J connectivity index is 2.25. The van der Waals surface area contributed by atoms with Crippen molar-refractivity contribution in [1.82, 2.24) is 15.6 Å². The number of aromatic nitrogens is 1. The van der Waals surface area contributed by atoms with Crippen LogP contribution in [0, 0.1) is 5.92 Å². The number of nitrogens with one attached hydrogen (secondary N) is 2. The van der Waals surface area contributed by atoms with Crippen LogP contribution >= 0.6 is 0 Å². The number of amides is 2. The van der Waals surface area contributed by atoms with Crippen molar-refractivity contribution >= 4 is 11.8 Å². The number of alkyl halides is 6. The van der Waals surface area contributed by atoms with Gasteiger partial charge in [-0.25, -0.2) is 4.79 Å². The van der Waals surface area contributed by atoms with Crippen LogP contribution in [0.3, 0.4) is 0 Å². The Labute approximate surface area is 164 Å². The van der Waals surface area contributed by atoms with Crippen LogP contribution < -0.4 is 10.6 Å². The average Bonchev–Trinajstić information content (AvgIpc) is 2.66. The molecule has 3 atom stereocenters. The van der Waals surface area contributed by atoms with Crippen molar-refractivity contribution in [2.45, 2.75) is 24.1 Å². The van der Waals surface area contributed by atoms with Crippen LogP contribution in [0.5, 0.6) is 0 Å². The molecule has 0 radical (unpaired) electrons. The van der Waals surface area contributed by atoms with Crippen molar-refractivity contribution in [1.29, 1.82) is 0 Å². The Morgan fingerprint density at radius 3 is 2.30 bits per heavy atom. The molecule has 0 bridgehead atoms. The molecule has 2 amide bonds. The predicted molar refractivity (Wildman–Crippen MR) is 88.9 cm³/mol. The maximum Gasteiger partial charge on any atom is 0.437 e. The first-order valence-corrected chi connectivity index (χ1v) is 8.34. The molecule has 0 unspecified atom stereocenters. The molecule has 1 aromatic carbocycles. The van der Waals surface area contributed by atoms with E-state index in [0.29, 0.717) is 6.07 Å². The highest BCUT2D eigenvalue weighted by atomic mass is 19.4. The second kappa shape index (κ2) is 7.27. The Kier molecular flexibility index (Phi) is 5.23. The third-order valence-electron chi connectivity index (χ3n) is 4.64. The number of benzene rings is 1.